The highest BCUT2D eigenvalue weighted by atomic mass is 35.5. The number of piperazine rings is 1. The van der Waals surface area contributed by atoms with Gasteiger partial charge in [0.15, 0.2) is 0 Å². The summed E-state index contributed by atoms with van der Waals surface area (Å²) in [6.45, 7) is 3.92. The van der Waals surface area contributed by atoms with Crippen LogP contribution >= 0.6 is 11.6 Å². The Morgan fingerprint density at radius 1 is 1.12 bits per heavy atom. The minimum Gasteiger partial charge on any atom is -0.495 e. The second-order valence-electron chi connectivity index (χ2n) is 6.01. The van der Waals surface area contributed by atoms with E-state index in [0.29, 0.717) is 17.1 Å². The van der Waals surface area contributed by atoms with Crippen molar-refractivity contribution >= 4 is 23.3 Å². The second-order valence-corrected chi connectivity index (χ2v) is 6.41. The maximum atomic E-state index is 11.4. The number of carboxylic acids is 1. The Bertz CT molecular complexity index is 758. The molecular weight excluding hydrogens is 340 g/mol. The molecule has 0 atom stereocenters. The molecule has 2 aromatic rings. The standard InChI is InChI=1S/C19H21ClN2O3/c1-25-18-8-3-2-7-17(18)22-11-9-21(10-12-22)13-15-14(19(23)24)5-4-6-16(15)20/h2-8H,9-13H2,1H3,(H,23,24). The Balaban J connectivity index is 1.69. The Morgan fingerprint density at radius 3 is 2.52 bits per heavy atom. The molecule has 1 aliphatic heterocycles. The molecule has 1 N–H and O–H groups in total. The summed E-state index contributed by atoms with van der Waals surface area (Å²) in [4.78, 5) is 16.0. The van der Waals surface area contributed by atoms with Crippen LogP contribution in [0, 0.1) is 0 Å². The summed E-state index contributed by atoms with van der Waals surface area (Å²) in [6, 6.07) is 13.0. The van der Waals surface area contributed by atoms with Crippen LogP contribution in [-0.2, 0) is 6.54 Å². The average molecular weight is 361 g/mol. The van der Waals surface area contributed by atoms with E-state index < -0.39 is 5.97 Å². The minimum atomic E-state index is -0.940. The third kappa shape index (κ3) is 3.89. The lowest BCUT2D eigenvalue weighted by Gasteiger charge is -2.36. The highest BCUT2D eigenvalue weighted by molar-refractivity contribution is 6.31. The zero-order valence-electron chi connectivity index (χ0n) is 14.1. The number of aromatic carboxylic acids is 1. The van der Waals surface area contributed by atoms with Crippen molar-refractivity contribution in [3.63, 3.8) is 0 Å². The number of hydrogen-bond acceptors (Lipinski definition) is 4. The lowest BCUT2D eigenvalue weighted by molar-refractivity contribution is 0.0694. The number of methoxy groups -OCH3 is 1. The largest absolute Gasteiger partial charge is 0.495 e. The maximum absolute atomic E-state index is 11.4. The molecule has 0 aliphatic carbocycles. The van der Waals surface area contributed by atoms with Crippen molar-refractivity contribution in [2.75, 3.05) is 38.2 Å². The molecule has 5 nitrogen and oxygen atoms in total. The quantitative estimate of drug-likeness (QED) is 0.886. The molecule has 0 saturated carbocycles. The van der Waals surface area contributed by atoms with E-state index in [0.717, 1.165) is 37.6 Å². The van der Waals surface area contributed by atoms with Gasteiger partial charge in [0, 0.05) is 37.7 Å². The van der Waals surface area contributed by atoms with Gasteiger partial charge in [-0.15, -0.1) is 0 Å². The third-order valence-electron chi connectivity index (χ3n) is 4.53. The summed E-state index contributed by atoms with van der Waals surface area (Å²) in [6.07, 6.45) is 0. The maximum Gasteiger partial charge on any atom is 0.336 e. The van der Waals surface area contributed by atoms with Crippen LogP contribution in [0.4, 0.5) is 5.69 Å². The molecule has 132 valence electrons. The first-order valence-corrected chi connectivity index (χ1v) is 8.59. The number of halogens is 1. The van der Waals surface area contributed by atoms with E-state index in [1.165, 1.54) is 0 Å². The Kier molecular flexibility index (Phi) is 5.46. The van der Waals surface area contributed by atoms with Crippen LogP contribution in [0.25, 0.3) is 0 Å². The first-order chi connectivity index (χ1) is 12.1. The number of carboxylic acid groups (broad SMARTS) is 1. The molecule has 2 aromatic carbocycles. The molecule has 1 aliphatic rings. The van der Waals surface area contributed by atoms with Crippen molar-refractivity contribution in [2.45, 2.75) is 6.54 Å². The topological polar surface area (TPSA) is 53.0 Å². The van der Waals surface area contributed by atoms with E-state index >= 15 is 0 Å². The first-order valence-electron chi connectivity index (χ1n) is 8.21. The van der Waals surface area contributed by atoms with Crippen molar-refractivity contribution in [1.82, 2.24) is 4.90 Å². The predicted octanol–water partition coefficient (Wildman–Crippen LogP) is 3.37. The highest BCUT2D eigenvalue weighted by Crippen LogP contribution is 2.29. The number of nitrogens with zero attached hydrogens (tertiary/aromatic N) is 2. The average Bonchev–Trinajstić information content (AvgIpc) is 2.63. The summed E-state index contributed by atoms with van der Waals surface area (Å²) in [7, 11) is 1.68. The summed E-state index contributed by atoms with van der Waals surface area (Å²) in [5.41, 5.74) is 2.05. The molecule has 1 saturated heterocycles. The molecular formula is C19H21ClN2O3. The monoisotopic (exact) mass is 360 g/mol. The summed E-state index contributed by atoms with van der Waals surface area (Å²) in [5.74, 6) is -0.0691. The van der Waals surface area contributed by atoms with Gasteiger partial charge in [0.1, 0.15) is 5.75 Å². The van der Waals surface area contributed by atoms with Crippen LogP contribution in [0.3, 0.4) is 0 Å². The van der Waals surface area contributed by atoms with Gasteiger partial charge in [0.25, 0.3) is 0 Å². The van der Waals surface area contributed by atoms with Gasteiger partial charge in [-0.3, -0.25) is 4.90 Å². The fourth-order valence-corrected chi connectivity index (χ4v) is 3.42. The minimum absolute atomic E-state index is 0.277. The molecule has 25 heavy (non-hydrogen) atoms. The number of anilines is 1. The molecule has 0 spiro atoms. The van der Waals surface area contributed by atoms with Crippen LogP contribution in [-0.4, -0.2) is 49.3 Å². The predicted molar refractivity (Wildman–Crippen MR) is 98.9 cm³/mol. The van der Waals surface area contributed by atoms with Gasteiger partial charge in [0.05, 0.1) is 18.4 Å². The first kappa shape index (κ1) is 17.6. The Morgan fingerprint density at radius 2 is 1.84 bits per heavy atom. The van der Waals surface area contributed by atoms with Crippen molar-refractivity contribution in [1.29, 1.82) is 0 Å². The van der Waals surface area contributed by atoms with E-state index in [9.17, 15) is 9.90 Å². The number of ether oxygens (including phenoxy) is 1. The van der Waals surface area contributed by atoms with Crippen molar-refractivity contribution in [3.05, 3.63) is 58.6 Å². The van der Waals surface area contributed by atoms with Gasteiger partial charge in [-0.1, -0.05) is 29.8 Å². The molecule has 1 heterocycles. The van der Waals surface area contributed by atoms with Crippen LogP contribution < -0.4 is 9.64 Å². The molecule has 6 heteroatoms. The van der Waals surface area contributed by atoms with Gasteiger partial charge in [-0.2, -0.15) is 0 Å². The lowest BCUT2D eigenvalue weighted by atomic mass is 10.1. The van der Waals surface area contributed by atoms with Gasteiger partial charge < -0.3 is 14.7 Å². The van der Waals surface area contributed by atoms with Crippen LogP contribution in [0.1, 0.15) is 15.9 Å². The van der Waals surface area contributed by atoms with Crippen molar-refractivity contribution in [3.8, 4) is 5.75 Å². The molecule has 0 aromatic heterocycles. The molecule has 0 radical (unpaired) electrons. The van der Waals surface area contributed by atoms with Gasteiger partial charge in [-0.25, -0.2) is 4.79 Å². The number of carbonyl (C=O) groups is 1. The normalized spacial score (nSPS) is 15.2. The second kappa shape index (κ2) is 7.76. The van der Waals surface area contributed by atoms with Crippen molar-refractivity contribution < 1.29 is 14.6 Å². The number of rotatable bonds is 5. The molecule has 0 bridgehead atoms. The van der Waals surface area contributed by atoms with E-state index in [1.807, 2.05) is 18.2 Å². The summed E-state index contributed by atoms with van der Waals surface area (Å²) >= 11 is 6.24. The Hall–Kier alpha value is -2.24. The van der Waals surface area contributed by atoms with E-state index in [4.69, 9.17) is 16.3 Å². The fraction of sp³-hybridized carbons (Fsp3) is 0.316. The molecule has 0 amide bonds. The smallest absolute Gasteiger partial charge is 0.336 e. The number of benzene rings is 2. The van der Waals surface area contributed by atoms with E-state index in [2.05, 4.69) is 15.9 Å². The van der Waals surface area contributed by atoms with E-state index in [-0.39, 0.29) is 5.56 Å². The van der Waals surface area contributed by atoms with E-state index in [1.54, 1.807) is 25.3 Å². The fourth-order valence-electron chi connectivity index (χ4n) is 3.18. The third-order valence-corrected chi connectivity index (χ3v) is 4.88. The van der Waals surface area contributed by atoms with Crippen LogP contribution in [0.5, 0.6) is 5.75 Å². The van der Waals surface area contributed by atoms with Gasteiger partial charge >= 0.3 is 5.97 Å². The SMILES string of the molecule is COc1ccccc1N1CCN(Cc2c(Cl)cccc2C(=O)O)CC1. The number of hydrogen-bond donors (Lipinski definition) is 1. The van der Waals surface area contributed by atoms with Crippen LogP contribution in [0.2, 0.25) is 5.02 Å². The molecule has 1 fully saturated rings. The highest BCUT2D eigenvalue weighted by Gasteiger charge is 2.22. The zero-order chi connectivity index (χ0) is 17.8. The van der Waals surface area contributed by atoms with Gasteiger partial charge in [0.2, 0.25) is 0 Å². The van der Waals surface area contributed by atoms with Gasteiger partial charge in [-0.05, 0) is 29.8 Å². The zero-order valence-corrected chi connectivity index (χ0v) is 14.9. The Labute approximate surface area is 152 Å². The lowest BCUT2D eigenvalue weighted by Crippen LogP contribution is -2.46. The summed E-state index contributed by atoms with van der Waals surface area (Å²) in [5, 5.41) is 9.88. The van der Waals surface area contributed by atoms with Crippen molar-refractivity contribution in [2.24, 2.45) is 0 Å². The van der Waals surface area contributed by atoms with Crippen LogP contribution in [0.15, 0.2) is 42.5 Å². The summed E-state index contributed by atoms with van der Waals surface area (Å²) < 4.78 is 5.44. The molecule has 0 unspecified atom stereocenters. The molecule has 3 rings (SSSR count). The number of para-hydroxylation sites is 2.